The molecule has 1 aliphatic carbocycles. The van der Waals surface area contributed by atoms with Gasteiger partial charge < -0.3 is 5.32 Å². The Hall–Kier alpha value is -1.36. The van der Waals surface area contributed by atoms with E-state index >= 15 is 0 Å². The van der Waals surface area contributed by atoms with Crippen LogP contribution < -0.4 is 5.32 Å². The number of nitrogens with one attached hydrogen (secondary N) is 1. The number of hydrogen-bond donors (Lipinski definition) is 1. The second-order valence-electron chi connectivity index (χ2n) is 6.25. The van der Waals surface area contributed by atoms with Crippen LogP contribution in [-0.2, 0) is 4.79 Å². The lowest BCUT2D eigenvalue weighted by molar-refractivity contribution is -0.133. The molecule has 4 nitrogen and oxygen atoms in total. The maximum Gasteiger partial charge on any atom is 0.265 e. The molecule has 1 fully saturated rings. The molecule has 0 aromatic heterocycles. The van der Waals surface area contributed by atoms with Crippen LogP contribution in [0.15, 0.2) is 23.3 Å². The summed E-state index contributed by atoms with van der Waals surface area (Å²) in [5.41, 5.74) is 2.56. The van der Waals surface area contributed by atoms with Gasteiger partial charge in [-0.2, -0.15) is 0 Å². The summed E-state index contributed by atoms with van der Waals surface area (Å²) in [6, 6.07) is 0. The minimum absolute atomic E-state index is 0.0247. The molecule has 0 aromatic carbocycles. The molecule has 2 aliphatic rings. The number of carbonyl (C=O) groups is 1. The van der Waals surface area contributed by atoms with E-state index in [1.54, 1.807) is 16.7 Å². The number of thiocarbonyl (C=S) groups is 1. The SMILES string of the molecule is CC(C)=CC(=O)N1CCCN1C(=S)NCCC1=CCCCC1. The molecular weight excluding hydrogens is 294 g/mol. The number of allylic oxidation sites excluding steroid dienone is 2. The van der Waals surface area contributed by atoms with E-state index < -0.39 is 0 Å². The van der Waals surface area contributed by atoms with Crippen molar-refractivity contribution in [3.05, 3.63) is 23.3 Å². The van der Waals surface area contributed by atoms with E-state index in [4.69, 9.17) is 12.2 Å². The van der Waals surface area contributed by atoms with E-state index in [1.807, 2.05) is 18.9 Å². The molecular formula is C17H27N3OS. The maximum absolute atomic E-state index is 12.2. The van der Waals surface area contributed by atoms with Crippen molar-refractivity contribution >= 4 is 23.2 Å². The summed E-state index contributed by atoms with van der Waals surface area (Å²) < 4.78 is 0. The molecule has 0 aromatic rings. The van der Waals surface area contributed by atoms with E-state index in [0.717, 1.165) is 38.0 Å². The van der Waals surface area contributed by atoms with E-state index in [1.165, 1.54) is 25.7 Å². The van der Waals surface area contributed by atoms with Crippen LogP contribution in [0.25, 0.3) is 0 Å². The van der Waals surface area contributed by atoms with Crippen LogP contribution in [0.2, 0.25) is 0 Å². The molecule has 122 valence electrons. The first kappa shape index (κ1) is 17.0. The number of nitrogens with zero attached hydrogens (tertiary/aromatic N) is 2. The van der Waals surface area contributed by atoms with Gasteiger partial charge in [0.05, 0.1) is 0 Å². The summed E-state index contributed by atoms with van der Waals surface area (Å²) in [6.45, 7) is 6.29. The highest BCUT2D eigenvalue weighted by Crippen LogP contribution is 2.19. The minimum Gasteiger partial charge on any atom is -0.361 e. The van der Waals surface area contributed by atoms with E-state index in [9.17, 15) is 4.79 Å². The Kier molecular flexibility index (Phi) is 6.43. The van der Waals surface area contributed by atoms with Gasteiger partial charge in [-0.3, -0.25) is 9.80 Å². The Bertz CT molecular complexity index is 480. The lowest BCUT2D eigenvalue weighted by atomic mass is 9.97. The van der Waals surface area contributed by atoms with Crippen molar-refractivity contribution in [3.63, 3.8) is 0 Å². The first-order valence-corrected chi connectivity index (χ1v) is 8.68. The van der Waals surface area contributed by atoms with Gasteiger partial charge in [-0.25, -0.2) is 5.01 Å². The molecule has 22 heavy (non-hydrogen) atoms. The number of hydrazine groups is 1. The van der Waals surface area contributed by atoms with Crippen molar-refractivity contribution in [2.45, 2.75) is 52.4 Å². The molecule has 0 atom stereocenters. The molecule has 1 N–H and O–H groups in total. The van der Waals surface area contributed by atoms with Crippen LogP contribution in [-0.4, -0.2) is 40.7 Å². The highest BCUT2D eigenvalue weighted by molar-refractivity contribution is 7.80. The highest BCUT2D eigenvalue weighted by atomic mass is 32.1. The molecule has 0 unspecified atom stereocenters. The zero-order valence-corrected chi connectivity index (χ0v) is 14.5. The van der Waals surface area contributed by atoms with Gasteiger partial charge in [-0.1, -0.05) is 17.2 Å². The fourth-order valence-corrected chi connectivity index (χ4v) is 3.22. The van der Waals surface area contributed by atoms with Gasteiger partial charge in [0.25, 0.3) is 5.91 Å². The van der Waals surface area contributed by atoms with Crippen LogP contribution in [0.3, 0.4) is 0 Å². The number of carbonyl (C=O) groups excluding carboxylic acids is 1. The maximum atomic E-state index is 12.2. The predicted octanol–water partition coefficient (Wildman–Crippen LogP) is 3.17. The van der Waals surface area contributed by atoms with E-state index in [2.05, 4.69) is 11.4 Å². The van der Waals surface area contributed by atoms with Crippen LogP contribution >= 0.6 is 12.2 Å². The van der Waals surface area contributed by atoms with Gasteiger partial charge in [0.2, 0.25) is 0 Å². The minimum atomic E-state index is 0.0247. The first-order chi connectivity index (χ1) is 10.6. The molecule has 5 heteroatoms. The summed E-state index contributed by atoms with van der Waals surface area (Å²) in [6.07, 6.45) is 11.1. The van der Waals surface area contributed by atoms with Crippen molar-refractivity contribution in [2.24, 2.45) is 0 Å². The van der Waals surface area contributed by atoms with Gasteiger partial charge in [0, 0.05) is 25.7 Å². The summed E-state index contributed by atoms with van der Waals surface area (Å²) >= 11 is 5.47. The second kappa shape index (κ2) is 8.32. The van der Waals surface area contributed by atoms with Gasteiger partial charge in [0.15, 0.2) is 5.11 Å². The van der Waals surface area contributed by atoms with Gasteiger partial charge in [-0.15, -0.1) is 0 Å². The topological polar surface area (TPSA) is 35.6 Å². The number of rotatable bonds is 4. The standard InChI is InChI=1S/C17H27N3OS/c1-14(2)13-16(21)19-11-6-12-20(19)17(22)18-10-9-15-7-4-3-5-8-15/h7,13H,3-6,8-12H2,1-2H3,(H,18,22). The third kappa shape index (κ3) is 4.83. The van der Waals surface area contributed by atoms with Crippen molar-refractivity contribution in [3.8, 4) is 0 Å². The van der Waals surface area contributed by atoms with Crippen molar-refractivity contribution in [1.82, 2.24) is 15.3 Å². The lowest BCUT2D eigenvalue weighted by Gasteiger charge is -2.29. The van der Waals surface area contributed by atoms with E-state index in [-0.39, 0.29) is 5.91 Å². The van der Waals surface area contributed by atoms with Crippen molar-refractivity contribution < 1.29 is 4.79 Å². The van der Waals surface area contributed by atoms with Gasteiger partial charge >= 0.3 is 0 Å². The van der Waals surface area contributed by atoms with Crippen LogP contribution in [0.5, 0.6) is 0 Å². The number of amides is 1. The summed E-state index contributed by atoms with van der Waals surface area (Å²) in [5.74, 6) is 0.0247. The lowest BCUT2D eigenvalue weighted by Crippen LogP contribution is -2.48. The Morgan fingerprint density at radius 2 is 2.05 bits per heavy atom. The Balaban J connectivity index is 1.81. The summed E-state index contributed by atoms with van der Waals surface area (Å²) in [5, 5.41) is 7.64. The summed E-state index contributed by atoms with van der Waals surface area (Å²) in [7, 11) is 0. The fraction of sp³-hybridized carbons (Fsp3) is 0.647. The Morgan fingerprint density at radius 3 is 2.73 bits per heavy atom. The van der Waals surface area contributed by atoms with Crippen LogP contribution in [0.4, 0.5) is 0 Å². The average Bonchev–Trinajstić information content (AvgIpc) is 2.97. The number of hydrogen-bond acceptors (Lipinski definition) is 2. The Labute approximate surface area is 139 Å². The second-order valence-corrected chi connectivity index (χ2v) is 6.64. The smallest absolute Gasteiger partial charge is 0.265 e. The molecule has 2 rings (SSSR count). The highest BCUT2D eigenvalue weighted by Gasteiger charge is 2.27. The van der Waals surface area contributed by atoms with Crippen LogP contribution in [0.1, 0.15) is 52.4 Å². The molecule has 1 heterocycles. The average molecular weight is 321 g/mol. The molecule has 1 aliphatic heterocycles. The first-order valence-electron chi connectivity index (χ1n) is 8.27. The third-order valence-corrected chi connectivity index (χ3v) is 4.39. The van der Waals surface area contributed by atoms with Crippen molar-refractivity contribution in [2.75, 3.05) is 19.6 Å². The Morgan fingerprint density at radius 1 is 1.27 bits per heavy atom. The monoisotopic (exact) mass is 321 g/mol. The van der Waals surface area contributed by atoms with Gasteiger partial charge in [-0.05, 0) is 64.6 Å². The molecule has 0 radical (unpaired) electrons. The van der Waals surface area contributed by atoms with E-state index in [0.29, 0.717) is 5.11 Å². The zero-order valence-electron chi connectivity index (χ0n) is 13.7. The normalized spacial score (nSPS) is 18.0. The molecule has 1 saturated heterocycles. The zero-order chi connectivity index (χ0) is 15.9. The summed E-state index contributed by atoms with van der Waals surface area (Å²) in [4.78, 5) is 12.2. The van der Waals surface area contributed by atoms with Gasteiger partial charge in [0.1, 0.15) is 0 Å². The fourth-order valence-electron chi connectivity index (χ4n) is 2.93. The third-order valence-electron chi connectivity index (χ3n) is 4.04. The molecule has 0 saturated carbocycles. The van der Waals surface area contributed by atoms with Crippen LogP contribution in [0, 0.1) is 0 Å². The predicted molar refractivity (Wildman–Crippen MR) is 94.2 cm³/mol. The quantitative estimate of drug-likeness (QED) is 0.490. The molecule has 0 spiro atoms. The van der Waals surface area contributed by atoms with Crippen molar-refractivity contribution in [1.29, 1.82) is 0 Å². The molecule has 1 amide bonds. The largest absolute Gasteiger partial charge is 0.361 e. The molecule has 0 bridgehead atoms.